The highest BCUT2D eigenvalue weighted by molar-refractivity contribution is 7.12. The molecule has 1 N–H and O–H groups in total. The van der Waals surface area contributed by atoms with Crippen LogP contribution in [0, 0.1) is 0 Å². The molecule has 1 aliphatic rings. The smallest absolute Gasteiger partial charge is 0.346 e. The van der Waals surface area contributed by atoms with Crippen molar-refractivity contribution in [2.45, 2.75) is 38.8 Å². The average molecular weight is 239 g/mol. The van der Waals surface area contributed by atoms with Crippen LogP contribution in [0.25, 0.3) is 0 Å². The third-order valence-corrected chi connectivity index (χ3v) is 4.20. The predicted molar refractivity (Wildman–Crippen MR) is 65.0 cm³/mol. The minimum Gasteiger partial charge on any atom is -0.477 e. The molecule has 1 atom stereocenters. The summed E-state index contributed by atoms with van der Waals surface area (Å²) < 4.78 is 0. The van der Waals surface area contributed by atoms with E-state index < -0.39 is 5.97 Å². The molecule has 0 saturated carbocycles. The van der Waals surface area contributed by atoms with Crippen molar-refractivity contribution in [2.24, 2.45) is 0 Å². The largest absolute Gasteiger partial charge is 0.477 e. The van der Waals surface area contributed by atoms with Gasteiger partial charge in [-0.2, -0.15) is 0 Å². The molecule has 0 spiro atoms. The molecular formula is C12H17NO2S. The van der Waals surface area contributed by atoms with Crippen LogP contribution in [0.5, 0.6) is 0 Å². The highest BCUT2D eigenvalue weighted by Gasteiger charge is 2.21. The van der Waals surface area contributed by atoms with E-state index in [-0.39, 0.29) is 0 Å². The number of hydrogen-bond acceptors (Lipinski definition) is 3. The van der Waals surface area contributed by atoms with E-state index in [4.69, 9.17) is 5.11 Å². The van der Waals surface area contributed by atoms with E-state index in [1.165, 1.54) is 30.6 Å². The van der Waals surface area contributed by atoms with Crippen molar-refractivity contribution < 1.29 is 9.90 Å². The first-order valence-corrected chi connectivity index (χ1v) is 6.60. The number of carboxylic acids is 1. The molecule has 0 bridgehead atoms. The van der Waals surface area contributed by atoms with Crippen molar-refractivity contribution in [1.29, 1.82) is 0 Å². The van der Waals surface area contributed by atoms with Crippen molar-refractivity contribution in [3.05, 3.63) is 21.9 Å². The Hall–Kier alpha value is -0.870. The minimum atomic E-state index is -0.797. The van der Waals surface area contributed by atoms with Crippen LogP contribution in [-0.4, -0.2) is 28.6 Å². The van der Waals surface area contributed by atoms with E-state index in [9.17, 15) is 4.79 Å². The Morgan fingerprint density at radius 2 is 2.44 bits per heavy atom. The topological polar surface area (TPSA) is 40.5 Å². The number of carboxylic acid groups (broad SMARTS) is 1. The summed E-state index contributed by atoms with van der Waals surface area (Å²) in [6.45, 7) is 4.11. The molecule has 0 radical (unpaired) electrons. The van der Waals surface area contributed by atoms with Gasteiger partial charge in [0.1, 0.15) is 4.88 Å². The fourth-order valence-electron chi connectivity index (χ4n) is 2.26. The Balaban J connectivity index is 2.07. The van der Waals surface area contributed by atoms with Crippen LogP contribution >= 0.6 is 11.3 Å². The van der Waals surface area contributed by atoms with Gasteiger partial charge in [-0.25, -0.2) is 4.79 Å². The summed E-state index contributed by atoms with van der Waals surface area (Å²) in [7, 11) is 0. The van der Waals surface area contributed by atoms with E-state index >= 15 is 0 Å². The Labute approximate surface area is 99.7 Å². The summed E-state index contributed by atoms with van der Waals surface area (Å²) in [5.74, 6) is -0.797. The van der Waals surface area contributed by atoms with Gasteiger partial charge in [-0.15, -0.1) is 11.3 Å². The highest BCUT2D eigenvalue weighted by Crippen LogP contribution is 2.23. The zero-order valence-electron chi connectivity index (χ0n) is 9.48. The zero-order chi connectivity index (χ0) is 11.5. The second kappa shape index (κ2) is 4.97. The number of thiophene rings is 1. The maximum absolute atomic E-state index is 11.0. The highest BCUT2D eigenvalue weighted by atomic mass is 32.1. The molecular weight excluding hydrogens is 222 g/mol. The molecule has 4 heteroatoms. The summed E-state index contributed by atoms with van der Waals surface area (Å²) in [4.78, 5) is 13.9. The molecule has 1 aliphatic heterocycles. The number of hydrogen-bond donors (Lipinski definition) is 1. The quantitative estimate of drug-likeness (QED) is 0.881. The number of carbonyl (C=O) groups is 1. The summed E-state index contributed by atoms with van der Waals surface area (Å²) in [6, 6.07) is 2.52. The van der Waals surface area contributed by atoms with Crippen molar-refractivity contribution >= 4 is 17.3 Å². The van der Waals surface area contributed by atoms with Gasteiger partial charge >= 0.3 is 5.97 Å². The van der Waals surface area contributed by atoms with Crippen LogP contribution in [0.2, 0.25) is 0 Å². The van der Waals surface area contributed by atoms with Gasteiger partial charge in [-0.3, -0.25) is 4.90 Å². The fourth-order valence-corrected chi connectivity index (χ4v) is 3.01. The van der Waals surface area contributed by atoms with Gasteiger partial charge in [0.15, 0.2) is 0 Å². The lowest BCUT2D eigenvalue weighted by Gasteiger charge is -2.33. The second-order valence-electron chi connectivity index (χ2n) is 4.40. The predicted octanol–water partition coefficient (Wildman–Crippen LogP) is 2.82. The van der Waals surface area contributed by atoms with Gasteiger partial charge < -0.3 is 5.11 Å². The molecule has 1 unspecified atom stereocenters. The molecule has 0 aliphatic carbocycles. The second-order valence-corrected chi connectivity index (χ2v) is 5.31. The van der Waals surface area contributed by atoms with Crippen LogP contribution in [-0.2, 0) is 6.54 Å². The summed E-state index contributed by atoms with van der Waals surface area (Å²) >= 11 is 1.32. The van der Waals surface area contributed by atoms with Crippen molar-refractivity contribution in [3.8, 4) is 0 Å². The van der Waals surface area contributed by atoms with Crippen LogP contribution in [0.1, 0.15) is 41.4 Å². The lowest BCUT2D eigenvalue weighted by molar-refractivity contribution is 0.0698. The first-order chi connectivity index (χ1) is 7.68. The van der Waals surface area contributed by atoms with Crippen LogP contribution < -0.4 is 0 Å². The number of aromatic carboxylic acids is 1. The van der Waals surface area contributed by atoms with Gasteiger partial charge in [0.2, 0.25) is 0 Å². The van der Waals surface area contributed by atoms with Gasteiger partial charge in [0, 0.05) is 12.6 Å². The van der Waals surface area contributed by atoms with Gasteiger partial charge in [-0.05, 0) is 43.3 Å². The third kappa shape index (κ3) is 2.44. The Bertz CT molecular complexity index is 375. The third-order valence-electron chi connectivity index (χ3n) is 3.26. The molecule has 2 rings (SSSR count). The lowest BCUT2D eigenvalue weighted by Crippen LogP contribution is -2.36. The SMILES string of the molecule is CC1CCCCN1Cc1ccsc1C(=O)O. The number of rotatable bonds is 3. The number of nitrogens with zero attached hydrogens (tertiary/aromatic N) is 1. The number of piperidine rings is 1. The van der Waals surface area contributed by atoms with Crippen molar-refractivity contribution in [3.63, 3.8) is 0 Å². The molecule has 88 valence electrons. The van der Waals surface area contributed by atoms with Crippen molar-refractivity contribution in [1.82, 2.24) is 4.90 Å². The fraction of sp³-hybridized carbons (Fsp3) is 0.583. The van der Waals surface area contributed by atoms with Gasteiger partial charge in [0.05, 0.1) is 0 Å². The average Bonchev–Trinajstić information content (AvgIpc) is 2.69. The molecule has 2 heterocycles. The maximum Gasteiger partial charge on any atom is 0.346 e. The van der Waals surface area contributed by atoms with E-state index in [0.717, 1.165) is 18.7 Å². The molecule has 1 aromatic heterocycles. The van der Waals surface area contributed by atoms with Crippen LogP contribution in [0.3, 0.4) is 0 Å². The summed E-state index contributed by atoms with van der Waals surface area (Å²) in [5.41, 5.74) is 0.964. The number of likely N-dealkylation sites (tertiary alicyclic amines) is 1. The van der Waals surface area contributed by atoms with Gasteiger partial charge in [0.25, 0.3) is 0 Å². The van der Waals surface area contributed by atoms with E-state index in [1.807, 2.05) is 11.4 Å². The minimum absolute atomic E-state index is 0.498. The van der Waals surface area contributed by atoms with Crippen LogP contribution in [0.15, 0.2) is 11.4 Å². The molecule has 3 nitrogen and oxygen atoms in total. The Morgan fingerprint density at radius 3 is 3.12 bits per heavy atom. The Morgan fingerprint density at radius 1 is 1.62 bits per heavy atom. The first-order valence-electron chi connectivity index (χ1n) is 5.72. The van der Waals surface area contributed by atoms with Crippen molar-refractivity contribution in [2.75, 3.05) is 6.54 Å². The molecule has 1 fully saturated rings. The lowest BCUT2D eigenvalue weighted by atomic mass is 10.0. The zero-order valence-corrected chi connectivity index (χ0v) is 10.3. The standard InChI is InChI=1S/C12H17NO2S/c1-9-4-2-3-6-13(9)8-10-5-7-16-11(10)12(14)15/h5,7,9H,2-4,6,8H2,1H3,(H,14,15). The van der Waals surface area contributed by atoms with Gasteiger partial charge in [-0.1, -0.05) is 6.42 Å². The Kier molecular flexibility index (Phi) is 3.61. The molecule has 1 saturated heterocycles. The molecule has 16 heavy (non-hydrogen) atoms. The molecule has 0 aromatic carbocycles. The maximum atomic E-state index is 11.0. The molecule has 1 aromatic rings. The van der Waals surface area contributed by atoms with Crippen LogP contribution in [0.4, 0.5) is 0 Å². The summed E-state index contributed by atoms with van der Waals surface area (Å²) in [6.07, 6.45) is 3.76. The van der Waals surface area contributed by atoms with E-state index in [2.05, 4.69) is 11.8 Å². The summed E-state index contributed by atoms with van der Waals surface area (Å²) in [5, 5.41) is 10.9. The van der Waals surface area contributed by atoms with E-state index in [0.29, 0.717) is 10.9 Å². The molecule has 0 amide bonds. The first kappa shape index (κ1) is 11.6. The van der Waals surface area contributed by atoms with E-state index in [1.54, 1.807) is 0 Å². The normalized spacial score (nSPS) is 22.2. The monoisotopic (exact) mass is 239 g/mol.